The first kappa shape index (κ1) is 16.6. The molecular formula is C21H23N3O2. The Bertz CT molecular complexity index is 870. The first-order valence-electron chi connectivity index (χ1n) is 9.24. The van der Waals surface area contributed by atoms with Crippen molar-refractivity contribution in [3.05, 3.63) is 58.7 Å². The lowest BCUT2D eigenvalue weighted by molar-refractivity contribution is 0.0996. The molecule has 1 heterocycles. The lowest BCUT2D eigenvalue weighted by Crippen LogP contribution is -2.22. The van der Waals surface area contributed by atoms with E-state index in [4.69, 9.17) is 5.73 Å². The van der Waals surface area contributed by atoms with Crippen molar-refractivity contribution in [2.75, 3.05) is 23.3 Å². The van der Waals surface area contributed by atoms with Gasteiger partial charge in [-0.05, 0) is 73.6 Å². The van der Waals surface area contributed by atoms with E-state index in [9.17, 15) is 9.59 Å². The van der Waals surface area contributed by atoms with Gasteiger partial charge in [-0.3, -0.25) is 9.59 Å². The van der Waals surface area contributed by atoms with E-state index in [-0.39, 0.29) is 5.91 Å². The number of carbonyl (C=O) groups is 2. The molecule has 1 saturated heterocycles. The first-order chi connectivity index (χ1) is 12.6. The molecule has 3 N–H and O–H groups in total. The highest BCUT2D eigenvalue weighted by Gasteiger charge is 2.20. The molecule has 0 bridgehead atoms. The summed E-state index contributed by atoms with van der Waals surface area (Å²) in [6.45, 7) is 1.91. The van der Waals surface area contributed by atoms with Gasteiger partial charge >= 0.3 is 0 Å². The molecule has 134 valence electrons. The number of carbonyl (C=O) groups excluding carboxylic acids is 2. The van der Waals surface area contributed by atoms with Gasteiger partial charge in [-0.1, -0.05) is 6.07 Å². The van der Waals surface area contributed by atoms with Gasteiger partial charge in [0.25, 0.3) is 5.91 Å². The van der Waals surface area contributed by atoms with E-state index in [1.165, 1.54) is 11.1 Å². The van der Waals surface area contributed by atoms with Crippen LogP contribution < -0.4 is 16.0 Å². The van der Waals surface area contributed by atoms with Crippen LogP contribution in [0.2, 0.25) is 0 Å². The molecule has 4 rings (SSSR count). The van der Waals surface area contributed by atoms with Crippen molar-refractivity contribution in [1.29, 1.82) is 0 Å². The minimum atomic E-state index is -0.494. The average molecular weight is 349 g/mol. The predicted octanol–water partition coefficient (Wildman–Crippen LogP) is 3.13. The summed E-state index contributed by atoms with van der Waals surface area (Å²) in [6.07, 6.45) is 5.55. The predicted molar refractivity (Wildman–Crippen MR) is 103 cm³/mol. The normalized spacial score (nSPS) is 15.8. The van der Waals surface area contributed by atoms with Crippen LogP contribution in [0.3, 0.4) is 0 Å². The number of hydrogen-bond donors (Lipinski definition) is 2. The fourth-order valence-electron chi connectivity index (χ4n) is 3.93. The summed E-state index contributed by atoms with van der Waals surface area (Å²) in [5.74, 6) is -0.646. The second-order valence-electron chi connectivity index (χ2n) is 7.08. The zero-order chi connectivity index (χ0) is 18.1. The number of nitrogens with two attached hydrogens (primary N) is 1. The Morgan fingerprint density at radius 2 is 1.62 bits per heavy atom. The van der Waals surface area contributed by atoms with Gasteiger partial charge in [0.05, 0.1) is 11.4 Å². The van der Waals surface area contributed by atoms with Crippen LogP contribution in [0.1, 0.15) is 51.1 Å². The van der Waals surface area contributed by atoms with Crippen molar-refractivity contribution in [1.82, 2.24) is 0 Å². The van der Waals surface area contributed by atoms with Crippen LogP contribution in [0.5, 0.6) is 0 Å². The maximum atomic E-state index is 12.8. The number of fused-ring (bicyclic) bond motifs is 1. The van der Waals surface area contributed by atoms with Gasteiger partial charge < -0.3 is 16.0 Å². The maximum absolute atomic E-state index is 12.8. The molecule has 1 fully saturated rings. The molecule has 0 atom stereocenters. The minimum Gasteiger partial charge on any atom is -0.370 e. The summed E-state index contributed by atoms with van der Waals surface area (Å²) in [7, 11) is 0. The van der Waals surface area contributed by atoms with Crippen LogP contribution in [-0.2, 0) is 12.8 Å². The molecule has 5 nitrogen and oxygen atoms in total. The van der Waals surface area contributed by atoms with Gasteiger partial charge in [0.2, 0.25) is 5.91 Å². The Morgan fingerprint density at radius 1 is 0.885 bits per heavy atom. The van der Waals surface area contributed by atoms with Gasteiger partial charge in [0, 0.05) is 24.2 Å². The van der Waals surface area contributed by atoms with Crippen molar-refractivity contribution in [2.24, 2.45) is 5.73 Å². The highest BCUT2D eigenvalue weighted by molar-refractivity contribution is 6.07. The molecule has 0 aromatic heterocycles. The smallest absolute Gasteiger partial charge is 0.255 e. The van der Waals surface area contributed by atoms with E-state index in [1.54, 1.807) is 12.1 Å². The molecule has 2 amide bonds. The van der Waals surface area contributed by atoms with Crippen LogP contribution in [-0.4, -0.2) is 24.9 Å². The van der Waals surface area contributed by atoms with Gasteiger partial charge in [-0.25, -0.2) is 0 Å². The Hall–Kier alpha value is -2.82. The summed E-state index contributed by atoms with van der Waals surface area (Å²) in [5.41, 5.74) is 10.7. The summed E-state index contributed by atoms with van der Waals surface area (Å²) in [4.78, 5) is 26.6. The molecule has 0 spiro atoms. The molecule has 0 saturated carbocycles. The number of aryl methyl sites for hydroxylation is 2. The summed E-state index contributed by atoms with van der Waals surface area (Å²) in [5, 5.41) is 3.00. The number of nitrogens with zero attached hydrogens (tertiary/aromatic N) is 1. The van der Waals surface area contributed by atoms with Crippen molar-refractivity contribution >= 4 is 23.2 Å². The van der Waals surface area contributed by atoms with E-state index < -0.39 is 5.91 Å². The van der Waals surface area contributed by atoms with Gasteiger partial charge in [0.15, 0.2) is 0 Å². The zero-order valence-electron chi connectivity index (χ0n) is 14.8. The second kappa shape index (κ2) is 6.83. The third kappa shape index (κ3) is 3.17. The first-order valence-corrected chi connectivity index (χ1v) is 9.24. The van der Waals surface area contributed by atoms with Gasteiger partial charge in [-0.2, -0.15) is 0 Å². The Morgan fingerprint density at radius 3 is 2.38 bits per heavy atom. The number of rotatable bonds is 4. The number of hydrogen-bond acceptors (Lipinski definition) is 3. The quantitative estimate of drug-likeness (QED) is 0.890. The van der Waals surface area contributed by atoms with Crippen LogP contribution in [0.15, 0.2) is 36.4 Å². The Balaban J connectivity index is 1.64. The highest BCUT2D eigenvalue weighted by atomic mass is 16.2. The average Bonchev–Trinajstić information content (AvgIpc) is 3.32. The topological polar surface area (TPSA) is 75.4 Å². The molecule has 26 heavy (non-hydrogen) atoms. The van der Waals surface area contributed by atoms with Crippen molar-refractivity contribution in [2.45, 2.75) is 32.1 Å². The SMILES string of the molecule is NC(=O)c1ccc(N2CCCC2)c(NC(=O)c2ccc3c(c2)CCC3)c1. The fourth-order valence-corrected chi connectivity index (χ4v) is 3.93. The number of anilines is 2. The molecule has 5 heteroatoms. The van der Waals surface area contributed by atoms with E-state index in [0.717, 1.165) is 50.9 Å². The molecular weight excluding hydrogens is 326 g/mol. The third-order valence-corrected chi connectivity index (χ3v) is 5.34. The van der Waals surface area contributed by atoms with E-state index in [2.05, 4.69) is 16.3 Å². The van der Waals surface area contributed by atoms with Crippen LogP contribution in [0.4, 0.5) is 11.4 Å². The van der Waals surface area contributed by atoms with Gasteiger partial charge in [-0.15, -0.1) is 0 Å². The van der Waals surface area contributed by atoms with Crippen LogP contribution >= 0.6 is 0 Å². The van der Waals surface area contributed by atoms with E-state index in [0.29, 0.717) is 16.8 Å². The molecule has 2 aromatic carbocycles. The lowest BCUT2D eigenvalue weighted by Gasteiger charge is -2.22. The maximum Gasteiger partial charge on any atom is 0.255 e. The van der Waals surface area contributed by atoms with Crippen LogP contribution in [0, 0.1) is 0 Å². The molecule has 0 unspecified atom stereocenters. The van der Waals surface area contributed by atoms with Crippen LogP contribution in [0.25, 0.3) is 0 Å². The summed E-state index contributed by atoms with van der Waals surface area (Å²) >= 11 is 0. The molecule has 0 radical (unpaired) electrons. The standard InChI is InChI=1S/C21H23N3O2/c22-20(25)16-8-9-19(24-10-1-2-11-24)18(13-16)23-21(26)17-7-6-14-4-3-5-15(14)12-17/h6-9,12-13H,1-5,10-11H2,(H2,22,25)(H,23,26). The number of amides is 2. The largest absolute Gasteiger partial charge is 0.370 e. The number of nitrogens with one attached hydrogen (secondary N) is 1. The minimum absolute atomic E-state index is 0.151. The number of primary amides is 1. The zero-order valence-corrected chi connectivity index (χ0v) is 14.8. The lowest BCUT2D eigenvalue weighted by atomic mass is 10.1. The molecule has 1 aliphatic carbocycles. The summed E-state index contributed by atoms with van der Waals surface area (Å²) < 4.78 is 0. The second-order valence-corrected chi connectivity index (χ2v) is 7.08. The highest BCUT2D eigenvalue weighted by Crippen LogP contribution is 2.31. The van der Waals surface area contributed by atoms with E-state index in [1.807, 2.05) is 18.2 Å². The monoisotopic (exact) mass is 349 g/mol. The number of benzene rings is 2. The van der Waals surface area contributed by atoms with Crippen molar-refractivity contribution in [3.63, 3.8) is 0 Å². The Kier molecular flexibility index (Phi) is 4.37. The van der Waals surface area contributed by atoms with Gasteiger partial charge in [0.1, 0.15) is 0 Å². The van der Waals surface area contributed by atoms with E-state index >= 15 is 0 Å². The fraction of sp³-hybridized carbons (Fsp3) is 0.333. The van der Waals surface area contributed by atoms with Crippen molar-refractivity contribution < 1.29 is 9.59 Å². The molecule has 2 aliphatic rings. The third-order valence-electron chi connectivity index (χ3n) is 5.34. The Labute approximate surface area is 153 Å². The molecule has 2 aromatic rings. The van der Waals surface area contributed by atoms with Crippen molar-refractivity contribution in [3.8, 4) is 0 Å². The molecule has 1 aliphatic heterocycles. The summed E-state index contributed by atoms with van der Waals surface area (Å²) in [6, 6.07) is 11.2.